The molecule has 0 saturated heterocycles. The molecule has 1 unspecified atom stereocenters. The van der Waals surface area contributed by atoms with Gasteiger partial charge >= 0.3 is 97.2 Å². The van der Waals surface area contributed by atoms with Gasteiger partial charge in [-0.25, -0.2) is 0 Å². The minimum Gasteiger partial charge on any atom is -1.00 e. The molecule has 0 heterocycles. The SMILES string of the molecule is CC(=O)O.CC(=O)O.CC(=O)O.CCC(NCCN)[Si](C)(OC)OC.[H-].[H-].[H-].[Na+].[Na+].[Na+]. The summed E-state index contributed by atoms with van der Waals surface area (Å²) in [5.41, 5.74) is 5.74. The quantitative estimate of drug-likeness (QED) is 0.231. The minimum absolute atomic E-state index is 0. The third-order valence-electron chi connectivity index (χ3n) is 2.39. The van der Waals surface area contributed by atoms with Crippen molar-refractivity contribution in [2.75, 3.05) is 27.3 Å². The van der Waals surface area contributed by atoms with Crippen LogP contribution < -0.4 is 99.7 Å². The Morgan fingerprint density at radius 1 is 0.964 bits per heavy atom. The second-order valence-electron chi connectivity index (χ2n) is 4.68. The summed E-state index contributed by atoms with van der Waals surface area (Å²) in [6.45, 7) is 8.89. The molecule has 0 fully saturated rings. The normalized spacial score (nSPS) is 9.43. The second kappa shape index (κ2) is 33.1. The number of nitrogens with one attached hydrogen (secondary N) is 1. The molecule has 0 rings (SSSR count). The van der Waals surface area contributed by atoms with Crippen LogP contribution in [0, 0.1) is 0 Å². The monoisotopic (exact) mass is 458 g/mol. The van der Waals surface area contributed by atoms with E-state index in [0.29, 0.717) is 12.2 Å². The van der Waals surface area contributed by atoms with Gasteiger partial charge in [0.2, 0.25) is 0 Å². The smallest absolute Gasteiger partial charge is 1.00 e. The van der Waals surface area contributed by atoms with Gasteiger partial charge in [0, 0.05) is 48.1 Å². The Morgan fingerprint density at radius 3 is 1.36 bits per heavy atom. The molecule has 14 heteroatoms. The Labute approximate surface area is 240 Å². The molecule has 0 bridgehead atoms. The predicted octanol–water partition coefficient (Wildman–Crippen LogP) is -8.16. The van der Waals surface area contributed by atoms with Gasteiger partial charge in [0.15, 0.2) is 0 Å². The summed E-state index contributed by atoms with van der Waals surface area (Å²) >= 11 is 0. The van der Waals surface area contributed by atoms with Crippen molar-refractivity contribution in [2.45, 2.75) is 46.3 Å². The van der Waals surface area contributed by atoms with E-state index in [1.165, 1.54) is 0 Å². The zero-order valence-electron chi connectivity index (χ0n) is 22.2. The van der Waals surface area contributed by atoms with Gasteiger partial charge in [-0.1, -0.05) is 6.92 Å². The van der Waals surface area contributed by atoms with Crippen LogP contribution in [0.15, 0.2) is 0 Å². The summed E-state index contributed by atoms with van der Waals surface area (Å²) in [6, 6.07) is 0. The number of nitrogens with two attached hydrogens (primary N) is 1. The zero-order chi connectivity index (χ0) is 21.1. The van der Waals surface area contributed by atoms with E-state index in [-0.39, 0.29) is 93.0 Å². The van der Waals surface area contributed by atoms with Crippen LogP contribution in [0.2, 0.25) is 6.55 Å². The maximum atomic E-state index is 9.00. The fourth-order valence-electron chi connectivity index (χ4n) is 1.33. The van der Waals surface area contributed by atoms with Crippen molar-refractivity contribution in [1.29, 1.82) is 0 Å². The molecule has 0 aromatic rings. The van der Waals surface area contributed by atoms with Crippen molar-refractivity contribution in [3.63, 3.8) is 0 Å². The molecule has 0 aliphatic rings. The summed E-state index contributed by atoms with van der Waals surface area (Å²) in [5.74, 6) is -2.50. The van der Waals surface area contributed by atoms with E-state index < -0.39 is 26.5 Å². The number of carboxylic acid groups (broad SMARTS) is 3. The van der Waals surface area contributed by atoms with E-state index in [2.05, 4.69) is 18.8 Å². The van der Waals surface area contributed by atoms with Crippen LogP contribution >= 0.6 is 0 Å². The minimum atomic E-state index is -2.03. The van der Waals surface area contributed by atoms with Gasteiger partial charge in [-0.05, 0) is 13.0 Å². The number of hydrogen-bond donors (Lipinski definition) is 5. The van der Waals surface area contributed by atoms with Crippen LogP contribution in [0.25, 0.3) is 0 Å². The third-order valence-corrected chi connectivity index (χ3v) is 5.89. The first-order chi connectivity index (χ1) is 11.3. The summed E-state index contributed by atoms with van der Waals surface area (Å²) in [6.07, 6.45) is 1.00. The van der Waals surface area contributed by atoms with Crippen LogP contribution in [-0.2, 0) is 23.2 Å². The van der Waals surface area contributed by atoms with E-state index in [0.717, 1.165) is 33.7 Å². The van der Waals surface area contributed by atoms with E-state index in [1.807, 2.05) is 0 Å². The van der Waals surface area contributed by atoms with Gasteiger partial charge < -0.3 is 39.5 Å². The molecule has 0 saturated carbocycles. The summed E-state index contributed by atoms with van der Waals surface area (Å²) < 4.78 is 10.9. The van der Waals surface area contributed by atoms with Gasteiger partial charge in [-0.2, -0.15) is 0 Å². The Hall–Kier alpha value is 1.47. The fourth-order valence-corrected chi connectivity index (χ4v) is 3.32. The van der Waals surface area contributed by atoms with Gasteiger partial charge in [-0.3, -0.25) is 14.4 Å². The molecule has 0 aromatic heterocycles. The Kier molecular flexibility index (Phi) is 55.9. The topological polar surface area (TPSA) is 168 Å². The standard InChI is InChI=1S/C8H22N2O2Si.3C2H4O2.3Na.3H/c1-5-8(10-7-6-9)13(4,11-2)12-3;3*1-2(3)4;;;;;;/h8,10H,5-7,9H2,1-4H3;3*1H3,(H,3,4);;;;;;/q;;;;3*+1;3*-1. The number of rotatable bonds is 7. The Bertz CT molecular complexity index is 339. The fraction of sp³-hybridized carbons (Fsp3) is 0.786. The van der Waals surface area contributed by atoms with Crippen molar-refractivity contribution in [3.8, 4) is 0 Å². The molecule has 1 atom stereocenters. The molecule has 28 heavy (non-hydrogen) atoms. The van der Waals surface area contributed by atoms with Gasteiger partial charge in [0.1, 0.15) is 0 Å². The average molecular weight is 459 g/mol. The third kappa shape index (κ3) is 50.8. The summed E-state index contributed by atoms with van der Waals surface area (Å²) in [7, 11) is 1.39. The maximum Gasteiger partial charge on any atom is 1.00 e. The number of carboxylic acids is 3. The van der Waals surface area contributed by atoms with Crippen LogP contribution in [0.5, 0.6) is 0 Å². The molecule has 10 nitrogen and oxygen atoms in total. The predicted molar refractivity (Wildman–Crippen MR) is 100 cm³/mol. The first-order valence-corrected chi connectivity index (χ1v) is 9.86. The number of hydrogen-bond acceptors (Lipinski definition) is 7. The van der Waals surface area contributed by atoms with E-state index in [4.69, 9.17) is 44.3 Å². The molecule has 158 valence electrons. The number of aliphatic carboxylic acids is 3. The van der Waals surface area contributed by atoms with E-state index in [1.54, 1.807) is 14.2 Å². The van der Waals surface area contributed by atoms with Crippen LogP contribution in [0.3, 0.4) is 0 Å². The van der Waals surface area contributed by atoms with Crippen molar-refractivity contribution < 1.29 is 132 Å². The Balaban J connectivity index is -0.0000000262. The van der Waals surface area contributed by atoms with Crippen molar-refractivity contribution in [3.05, 3.63) is 0 Å². The van der Waals surface area contributed by atoms with Gasteiger partial charge in [0.25, 0.3) is 17.9 Å². The molecular weight excluding hydrogens is 421 g/mol. The molecule has 0 spiro atoms. The van der Waals surface area contributed by atoms with Crippen LogP contribution in [-0.4, -0.2) is 74.8 Å². The number of carbonyl (C=O) groups is 3. The molecule has 0 aliphatic carbocycles. The summed E-state index contributed by atoms with van der Waals surface area (Å²) in [4.78, 5) is 27.0. The largest absolute Gasteiger partial charge is 1.00 e. The zero-order valence-corrected chi connectivity index (χ0v) is 26.2. The van der Waals surface area contributed by atoms with E-state index in [9.17, 15) is 0 Å². The molecule has 0 radical (unpaired) electrons. The molecule has 0 aliphatic heterocycles. The van der Waals surface area contributed by atoms with Crippen LogP contribution in [0.1, 0.15) is 38.4 Å². The Morgan fingerprint density at radius 2 is 1.21 bits per heavy atom. The first kappa shape index (κ1) is 47.3. The molecular formula is C14H37N2Na3O8Si. The molecule has 0 amide bonds. The molecule has 0 aromatic carbocycles. The maximum absolute atomic E-state index is 9.00. The van der Waals surface area contributed by atoms with E-state index >= 15 is 0 Å². The van der Waals surface area contributed by atoms with Crippen molar-refractivity contribution in [2.24, 2.45) is 5.73 Å². The molecule has 6 N–H and O–H groups in total. The van der Waals surface area contributed by atoms with Crippen molar-refractivity contribution in [1.82, 2.24) is 5.32 Å². The van der Waals surface area contributed by atoms with Crippen LogP contribution in [0.4, 0.5) is 0 Å². The van der Waals surface area contributed by atoms with Gasteiger partial charge in [-0.15, -0.1) is 0 Å². The first-order valence-electron chi connectivity index (χ1n) is 7.46. The van der Waals surface area contributed by atoms with Gasteiger partial charge in [0.05, 0.1) is 5.67 Å². The van der Waals surface area contributed by atoms with Crippen molar-refractivity contribution >= 4 is 26.5 Å². The second-order valence-corrected chi connectivity index (χ2v) is 8.23. The summed E-state index contributed by atoms with van der Waals surface area (Å²) in [5, 5.41) is 25.6. The average Bonchev–Trinajstić information content (AvgIpc) is 2.45.